The van der Waals surface area contributed by atoms with Gasteiger partial charge in [0.25, 0.3) is 11.8 Å². The Kier molecular flexibility index (Phi) is 8.71. The van der Waals surface area contributed by atoms with Gasteiger partial charge in [-0.1, -0.05) is 43.6 Å². The second-order valence-corrected chi connectivity index (χ2v) is 8.93. The summed E-state index contributed by atoms with van der Waals surface area (Å²) in [6, 6.07) is 18.2. The van der Waals surface area contributed by atoms with Crippen molar-refractivity contribution in [3.8, 4) is 0 Å². The van der Waals surface area contributed by atoms with E-state index in [1.54, 1.807) is 47.2 Å². The Balaban J connectivity index is 0.00000167. The predicted octanol–water partition coefficient (Wildman–Crippen LogP) is 6.73. The van der Waals surface area contributed by atoms with Crippen molar-refractivity contribution in [1.29, 1.82) is 0 Å². The highest BCUT2D eigenvalue weighted by molar-refractivity contribution is 6.30. The Hall–Kier alpha value is -3.15. The average molecular weight is 493 g/mol. The van der Waals surface area contributed by atoms with Gasteiger partial charge in [-0.05, 0) is 80.3 Å². The van der Waals surface area contributed by atoms with E-state index in [1.165, 1.54) is 0 Å². The lowest BCUT2D eigenvalue weighted by molar-refractivity contribution is 0.0982. The van der Waals surface area contributed by atoms with Crippen molar-refractivity contribution < 1.29 is 14.7 Å². The molecule has 0 spiro atoms. The van der Waals surface area contributed by atoms with Crippen molar-refractivity contribution in [3.05, 3.63) is 93.5 Å². The van der Waals surface area contributed by atoms with E-state index in [1.807, 2.05) is 58.0 Å². The number of rotatable bonds is 3. The number of halogens is 1. The lowest BCUT2D eigenvalue weighted by Gasteiger charge is -2.25. The second kappa shape index (κ2) is 11.5. The Morgan fingerprint density at radius 1 is 0.971 bits per heavy atom. The van der Waals surface area contributed by atoms with Crippen LogP contribution >= 0.6 is 11.6 Å². The van der Waals surface area contributed by atoms with Gasteiger partial charge in [0.1, 0.15) is 0 Å². The minimum atomic E-state index is -0.652. The van der Waals surface area contributed by atoms with Gasteiger partial charge in [0.2, 0.25) is 0 Å². The molecule has 1 aliphatic rings. The summed E-state index contributed by atoms with van der Waals surface area (Å²) in [4.78, 5) is 29.8. The molecular weight excluding hydrogens is 460 g/mol. The number of carbonyl (C=O) groups excluding carboxylic acids is 2. The smallest absolute Gasteiger partial charge is 0.258 e. The summed E-state index contributed by atoms with van der Waals surface area (Å²) in [5, 5.41) is 11.1. The summed E-state index contributed by atoms with van der Waals surface area (Å²) < 4.78 is 0. The van der Waals surface area contributed by atoms with Crippen LogP contribution in [0, 0.1) is 13.8 Å². The molecule has 0 fully saturated rings. The number of anilines is 2. The standard InChI is InChI=1S/C27H27ClN2O3.C2H6/c1-17-7-4-5-8-21(17)26(32)29(3)20-11-12-22(18(2)15-20)27(33)30-14-6-9-25(31)23-16-19(28)10-13-24(23)30;1-2/h4-5,7-8,10-13,15-16,25,31H,6,9,14H2,1-3H3;1-2H3. The third-order valence-electron chi connectivity index (χ3n) is 6.25. The fourth-order valence-corrected chi connectivity index (χ4v) is 4.50. The van der Waals surface area contributed by atoms with E-state index in [9.17, 15) is 14.7 Å². The average Bonchev–Trinajstić information content (AvgIpc) is 3.02. The van der Waals surface area contributed by atoms with Crippen LogP contribution in [0.5, 0.6) is 0 Å². The molecule has 3 aromatic rings. The number of aliphatic hydroxyl groups excluding tert-OH is 1. The highest BCUT2D eigenvalue weighted by Crippen LogP contribution is 2.36. The summed E-state index contributed by atoms with van der Waals surface area (Å²) in [5.74, 6) is -0.233. The molecule has 6 heteroatoms. The molecule has 1 atom stereocenters. The van der Waals surface area contributed by atoms with E-state index in [2.05, 4.69) is 0 Å². The molecule has 3 aromatic carbocycles. The number of carbonyl (C=O) groups is 2. The van der Waals surface area contributed by atoms with Crippen LogP contribution < -0.4 is 9.80 Å². The zero-order chi connectivity index (χ0) is 25.7. The van der Waals surface area contributed by atoms with Crippen LogP contribution in [0.1, 0.15) is 70.2 Å². The van der Waals surface area contributed by atoms with Gasteiger partial charge in [-0.3, -0.25) is 9.59 Å². The first kappa shape index (κ1) is 26.5. The number of aryl methyl sites for hydroxylation is 2. The molecule has 1 unspecified atom stereocenters. The van der Waals surface area contributed by atoms with Gasteiger partial charge < -0.3 is 14.9 Å². The third-order valence-corrected chi connectivity index (χ3v) is 6.49. The van der Waals surface area contributed by atoms with E-state index in [0.29, 0.717) is 46.8 Å². The van der Waals surface area contributed by atoms with Crippen molar-refractivity contribution in [2.24, 2.45) is 0 Å². The van der Waals surface area contributed by atoms with E-state index >= 15 is 0 Å². The molecule has 5 nitrogen and oxygen atoms in total. The van der Waals surface area contributed by atoms with Crippen molar-refractivity contribution in [2.75, 3.05) is 23.4 Å². The minimum absolute atomic E-state index is 0.0983. The molecule has 0 saturated heterocycles. The molecule has 1 aliphatic heterocycles. The predicted molar refractivity (Wildman–Crippen MR) is 144 cm³/mol. The van der Waals surface area contributed by atoms with Gasteiger partial charge in [0.15, 0.2) is 0 Å². The molecule has 0 aliphatic carbocycles. The number of amides is 2. The second-order valence-electron chi connectivity index (χ2n) is 8.50. The zero-order valence-corrected chi connectivity index (χ0v) is 21.8. The van der Waals surface area contributed by atoms with E-state index in [4.69, 9.17) is 11.6 Å². The van der Waals surface area contributed by atoms with Gasteiger partial charge in [0.05, 0.1) is 6.10 Å². The number of benzene rings is 3. The van der Waals surface area contributed by atoms with Crippen LogP contribution in [0.4, 0.5) is 11.4 Å². The van der Waals surface area contributed by atoms with Crippen LogP contribution in [-0.2, 0) is 0 Å². The molecule has 4 rings (SSSR count). The van der Waals surface area contributed by atoms with Gasteiger partial charge >= 0.3 is 0 Å². The maximum atomic E-state index is 13.5. The quantitative estimate of drug-likeness (QED) is 0.440. The Labute approximate surface area is 213 Å². The summed E-state index contributed by atoms with van der Waals surface area (Å²) in [6.07, 6.45) is 0.603. The topological polar surface area (TPSA) is 60.9 Å². The first-order valence-corrected chi connectivity index (χ1v) is 12.4. The lowest BCUT2D eigenvalue weighted by atomic mass is 10.0. The van der Waals surface area contributed by atoms with Gasteiger partial charge in [-0.2, -0.15) is 0 Å². The molecule has 35 heavy (non-hydrogen) atoms. The number of hydrogen-bond donors (Lipinski definition) is 1. The summed E-state index contributed by atoms with van der Waals surface area (Å²) >= 11 is 6.14. The summed E-state index contributed by atoms with van der Waals surface area (Å²) in [6.45, 7) is 8.30. The van der Waals surface area contributed by atoms with Gasteiger partial charge in [-0.15, -0.1) is 0 Å². The van der Waals surface area contributed by atoms with Crippen molar-refractivity contribution in [3.63, 3.8) is 0 Å². The van der Waals surface area contributed by atoms with Crippen LogP contribution in [0.15, 0.2) is 60.7 Å². The van der Waals surface area contributed by atoms with Crippen LogP contribution in [0.25, 0.3) is 0 Å². The number of fused-ring (bicyclic) bond motifs is 1. The van der Waals surface area contributed by atoms with E-state index in [-0.39, 0.29) is 11.8 Å². The highest BCUT2D eigenvalue weighted by atomic mass is 35.5. The monoisotopic (exact) mass is 492 g/mol. The highest BCUT2D eigenvalue weighted by Gasteiger charge is 2.27. The SMILES string of the molecule is CC.Cc1ccccc1C(=O)N(C)c1ccc(C(=O)N2CCCC(O)c3cc(Cl)ccc32)c(C)c1. The third kappa shape index (κ3) is 5.58. The van der Waals surface area contributed by atoms with E-state index in [0.717, 1.165) is 16.8 Å². The maximum absolute atomic E-state index is 13.5. The summed E-state index contributed by atoms with van der Waals surface area (Å²) in [7, 11) is 1.74. The normalized spacial score (nSPS) is 14.8. The van der Waals surface area contributed by atoms with E-state index < -0.39 is 6.10 Å². The zero-order valence-electron chi connectivity index (χ0n) is 21.0. The van der Waals surface area contributed by atoms with Gasteiger partial charge in [-0.25, -0.2) is 0 Å². The first-order chi connectivity index (χ1) is 16.8. The first-order valence-electron chi connectivity index (χ1n) is 12.0. The van der Waals surface area contributed by atoms with Crippen LogP contribution in [0.3, 0.4) is 0 Å². The number of aliphatic hydroxyl groups is 1. The molecule has 184 valence electrons. The molecule has 0 radical (unpaired) electrons. The molecule has 1 N–H and O–H groups in total. The number of nitrogens with zero attached hydrogens (tertiary/aromatic N) is 2. The minimum Gasteiger partial charge on any atom is -0.388 e. The Bertz CT molecular complexity index is 1220. The van der Waals surface area contributed by atoms with Crippen molar-refractivity contribution in [2.45, 2.75) is 46.6 Å². The maximum Gasteiger partial charge on any atom is 0.258 e. The van der Waals surface area contributed by atoms with Crippen molar-refractivity contribution in [1.82, 2.24) is 0 Å². The molecule has 1 heterocycles. The fourth-order valence-electron chi connectivity index (χ4n) is 4.32. The van der Waals surface area contributed by atoms with Gasteiger partial charge in [0, 0.05) is 46.7 Å². The van der Waals surface area contributed by atoms with Crippen molar-refractivity contribution >= 4 is 34.8 Å². The molecular formula is C29H33ClN2O3. The summed E-state index contributed by atoms with van der Waals surface area (Å²) in [5.41, 5.74) is 4.98. The largest absolute Gasteiger partial charge is 0.388 e. The Morgan fingerprint density at radius 2 is 1.69 bits per heavy atom. The molecule has 0 saturated carbocycles. The lowest BCUT2D eigenvalue weighted by Crippen LogP contribution is -2.32. The Morgan fingerprint density at radius 3 is 2.37 bits per heavy atom. The molecule has 0 bridgehead atoms. The molecule has 0 aromatic heterocycles. The number of hydrogen-bond acceptors (Lipinski definition) is 3. The fraction of sp³-hybridized carbons (Fsp3) is 0.310. The van der Waals surface area contributed by atoms with Crippen LogP contribution in [0.2, 0.25) is 5.02 Å². The van der Waals surface area contributed by atoms with Crippen LogP contribution in [-0.4, -0.2) is 30.5 Å². The molecule has 2 amide bonds.